The zero-order chi connectivity index (χ0) is 23.8. The summed E-state index contributed by atoms with van der Waals surface area (Å²) >= 11 is 6.00. The minimum absolute atomic E-state index is 0.115. The summed E-state index contributed by atoms with van der Waals surface area (Å²) in [5, 5.41) is 3.50. The quantitative estimate of drug-likeness (QED) is 0.411. The number of imidazole rings is 2. The molecule has 0 aliphatic rings. The van der Waals surface area contributed by atoms with Gasteiger partial charge in [0, 0.05) is 45.9 Å². The summed E-state index contributed by atoms with van der Waals surface area (Å²) in [6, 6.07) is 8.52. The molecule has 1 aromatic carbocycles. The van der Waals surface area contributed by atoms with Crippen LogP contribution in [0, 0.1) is 0 Å². The van der Waals surface area contributed by atoms with Crippen molar-refractivity contribution in [3.8, 4) is 0 Å². The molecule has 11 heteroatoms. The van der Waals surface area contributed by atoms with Gasteiger partial charge in [-0.05, 0) is 37.3 Å². The first-order chi connectivity index (χ1) is 15.7. The molecule has 33 heavy (non-hydrogen) atoms. The lowest BCUT2D eigenvalue weighted by molar-refractivity contribution is -0.121. The zero-order valence-electron chi connectivity index (χ0n) is 18.6. The van der Waals surface area contributed by atoms with E-state index in [2.05, 4.69) is 15.3 Å². The lowest BCUT2D eigenvalue weighted by Gasteiger charge is -2.11. The average Bonchev–Trinajstić information content (AvgIpc) is 3.35. The van der Waals surface area contributed by atoms with Crippen molar-refractivity contribution in [1.29, 1.82) is 0 Å². The van der Waals surface area contributed by atoms with E-state index >= 15 is 0 Å². The molecule has 0 aliphatic carbocycles. The molecule has 1 amide bonds. The predicted octanol–water partition coefficient (Wildman–Crippen LogP) is 2.86. The predicted molar refractivity (Wildman–Crippen MR) is 127 cm³/mol. The van der Waals surface area contributed by atoms with Gasteiger partial charge in [0.25, 0.3) is 0 Å². The second-order valence-electron chi connectivity index (χ2n) is 7.83. The number of hydrogen-bond donors (Lipinski definition) is 1. The van der Waals surface area contributed by atoms with Crippen molar-refractivity contribution in [1.82, 2.24) is 28.6 Å². The van der Waals surface area contributed by atoms with Gasteiger partial charge in [-0.2, -0.15) is 0 Å². The number of halogens is 1. The van der Waals surface area contributed by atoms with Gasteiger partial charge >= 0.3 is 0 Å². The first kappa shape index (κ1) is 23.2. The summed E-state index contributed by atoms with van der Waals surface area (Å²) in [6.07, 6.45) is 4.28. The Labute approximate surface area is 197 Å². The van der Waals surface area contributed by atoms with Gasteiger partial charge in [0.1, 0.15) is 11.5 Å². The number of sulfonamides is 1. The molecule has 4 rings (SSSR count). The highest BCUT2D eigenvalue weighted by Crippen LogP contribution is 2.23. The molecule has 0 atom stereocenters. The molecule has 0 unspecified atom stereocenters. The van der Waals surface area contributed by atoms with Crippen molar-refractivity contribution in [3.63, 3.8) is 0 Å². The van der Waals surface area contributed by atoms with E-state index in [1.165, 1.54) is 18.4 Å². The van der Waals surface area contributed by atoms with Crippen LogP contribution in [0.1, 0.15) is 24.9 Å². The Morgan fingerprint density at radius 1 is 1.15 bits per heavy atom. The summed E-state index contributed by atoms with van der Waals surface area (Å²) in [7, 11) is -0.554. The number of nitrogens with one attached hydrogen (secondary N) is 1. The second kappa shape index (κ2) is 9.12. The number of nitrogens with zero attached hydrogens (tertiary/aromatic N) is 5. The number of fused-ring (bicyclic) bond motifs is 2. The molecule has 0 spiro atoms. The average molecular weight is 489 g/mol. The highest BCUT2D eigenvalue weighted by atomic mass is 35.5. The van der Waals surface area contributed by atoms with Gasteiger partial charge < -0.3 is 14.3 Å². The second-order valence-corrected chi connectivity index (χ2v) is 10.4. The molecule has 3 aromatic heterocycles. The van der Waals surface area contributed by atoms with Gasteiger partial charge in [-0.1, -0.05) is 11.6 Å². The van der Waals surface area contributed by atoms with Crippen LogP contribution in [0.15, 0.2) is 47.6 Å². The van der Waals surface area contributed by atoms with Crippen LogP contribution in [-0.4, -0.2) is 51.7 Å². The Bertz CT molecular complexity index is 1440. The van der Waals surface area contributed by atoms with Crippen molar-refractivity contribution >= 4 is 44.2 Å². The molecule has 0 aliphatic heterocycles. The standard InChI is InChI=1S/C22H25ClN6O3S/c1-4-29-19-7-6-17(33(31,32)27(2)3)11-18(19)26-21(29)9-10-22(30)24-12-16-14-28-13-15(23)5-8-20(28)25-16/h5-8,11,13-14H,4,9-10,12H2,1-3H3,(H,24,30). The van der Waals surface area contributed by atoms with Crippen LogP contribution in [0.25, 0.3) is 16.7 Å². The maximum absolute atomic E-state index is 12.4. The number of aryl methyl sites for hydroxylation is 2. The third kappa shape index (κ3) is 4.73. The summed E-state index contributed by atoms with van der Waals surface area (Å²) in [4.78, 5) is 21.7. The molecular weight excluding hydrogens is 464 g/mol. The van der Waals surface area contributed by atoms with Gasteiger partial charge in [-0.15, -0.1) is 0 Å². The molecule has 174 valence electrons. The van der Waals surface area contributed by atoms with E-state index in [4.69, 9.17) is 11.6 Å². The number of hydrogen-bond acceptors (Lipinski definition) is 5. The third-order valence-corrected chi connectivity index (χ3v) is 7.44. The Morgan fingerprint density at radius 3 is 2.67 bits per heavy atom. The van der Waals surface area contributed by atoms with Crippen LogP contribution in [0.5, 0.6) is 0 Å². The Balaban J connectivity index is 1.44. The molecule has 9 nitrogen and oxygen atoms in total. The Kier molecular flexibility index (Phi) is 6.42. The highest BCUT2D eigenvalue weighted by Gasteiger charge is 2.19. The number of benzene rings is 1. The zero-order valence-corrected chi connectivity index (χ0v) is 20.2. The molecule has 0 bridgehead atoms. The Morgan fingerprint density at radius 2 is 1.94 bits per heavy atom. The molecule has 0 saturated carbocycles. The largest absolute Gasteiger partial charge is 0.350 e. The van der Waals surface area contributed by atoms with Crippen LogP contribution < -0.4 is 5.32 Å². The van der Waals surface area contributed by atoms with E-state index in [-0.39, 0.29) is 17.2 Å². The van der Waals surface area contributed by atoms with Gasteiger partial charge in [0.05, 0.1) is 33.2 Å². The van der Waals surface area contributed by atoms with Gasteiger partial charge in [0.2, 0.25) is 15.9 Å². The fourth-order valence-corrected chi connectivity index (χ4v) is 4.77. The fourth-order valence-electron chi connectivity index (χ4n) is 3.68. The number of aromatic nitrogens is 4. The molecule has 0 fully saturated rings. The van der Waals surface area contributed by atoms with Crippen LogP contribution in [0.3, 0.4) is 0 Å². The number of rotatable bonds is 8. The minimum atomic E-state index is -3.55. The fraction of sp³-hybridized carbons (Fsp3) is 0.318. The third-order valence-electron chi connectivity index (χ3n) is 5.40. The first-order valence-corrected chi connectivity index (χ1v) is 12.3. The van der Waals surface area contributed by atoms with Crippen molar-refractivity contribution in [2.75, 3.05) is 14.1 Å². The van der Waals surface area contributed by atoms with Gasteiger partial charge in [0.15, 0.2) is 0 Å². The summed E-state index contributed by atoms with van der Waals surface area (Å²) in [6.45, 7) is 2.97. The molecule has 4 aromatic rings. The van der Waals surface area contributed by atoms with Crippen molar-refractivity contribution in [2.24, 2.45) is 0 Å². The molecular formula is C22H25ClN6O3S. The van der Waals surface area contributed by atoms with E-state index in [1.807, 2.05) is 28.2 Å². The molecule has 0 saturated heterocycles. The molecule has 3 heterocycles. The normalized spacial score (nSPS) is 12.2. The van der Waals surface area contributed by atoms with E-state index < -0.39 is 10.0 Å². The minimum Gasteiger partial charge on any atom is -0.350 e. The van der Waals surface area contributed by atoms with E-state index in [1.54, 1.807) is 30.5 Å². The Hall–Kier alpha value is -2.95. The monoisotopic (exact) mass is 488 g/mol. The van der Waals surface area contributed by atoms with Crippen LogP contribution in [-0.2, 0) is 34.3 Å². The number of carbonyl (C=O) groups is 1. The van der Waals surface area contributed by atoms with E-state index in [9.17, 15) is 13.2 Å². The van der Waals surface area contributed by atoms with Gasteiger partial charge in [-0.25, -0.2) is 22.7 Å². The number of carbonyl (C=O) groups excluding carboxylic acids is 1. The molecule has 0 radical (unpaired) electrons. The lowest BCUT2D eigenvalue weighted by atomic mass is 10.2. The number of amides is 1. The highest BCUT2D eigenvalue weighted by molar-refractivity contribution is 7.89. The van der Waals surface area contributed by atoms with Crippen molar-refractivity contribution in [2.45, 2.75) is 37.8 Å². The van der Waals surface area contributed by atoms with Crippen molar-refractivity contribution in [3.05, 3.63) is 59.3 Å². The maximum Gasteiger partial charge on any atom is 0.242 e. The summed E-state index contributed by atoms with van der Waals surface area (Å²) in [5.74, 6) is 0.625. The summed E-state index contributed by atoms with van der Waals surface area (Å²) < 4.78 is 29.9. The SMILES string of the molecule is CCn1c(CCC(=O)NCc2cn3cc(Cl)ccc3n2)nc2cc(S(=O)(=O)N(C)C)ccc21. The number of pyridine rings is 1. The van der Waals surface area contributed by atoms with Crippen molar-refractivity contribution < 1.29 is 13.2 Å². The van der Waals surface area contributed by atoms with E-state index in [0.717, 1.165) is 22.7 Å². The topological polar surface area (TPSA) is 102 Å². The van der Waals surface area contributed by atoms with Crippen LogP contribution >= 0.6 is 11.6 Å². The smallest absolute Gasteiger partial charge is 0.242 e. The van der Waals surface area contributed by atoms with Gasteiger partial charge in [-0.3, -0.25) is 4.79 Å². The summed E-state index contributed by atoms with van der Waals surface area (Å²) in [5.41, 5.74) is 2.93. The lowest BCUT2D eigenvalue weighted by Crippen LogP contribution is -2.23. The molecule has 1 N–H and O–H groups in total. The maximum atomic E-state index is 12.4. The van der Waals surface area contributed by atoms with Crippen LogP contribution in [0.4, 0.5) is 0 Å². The van der Waals surface area contributed by atoms with E-state index in [0.29, 0.717) is 30.0 Å². The first-order valence-electron chi connectivity index (χ1n) is 10.5. The van der Waals surface area contributed by atoms with Crippen LogP contribution in [0.2, 0.25) is 5.02 Å².